The molecule has 1 aromatic carbocycles. The van der Waals surface area contributed by atoms with E-state index in [0.29, 0.717) is 12.2 Å². The summed E-state index contributed by atoms with van der Waals surface area (Å²) in [7, 11) is 0. The summed E-state index contributed by atoms with van der Waals surface area (Å²) in [6, 6.07) is 5.88. The van der Waals surface area contributed by atoms with Gasteiger partial charge in [0.25, 0.3) is 0 Å². The SMILES string of the molecule is CC.CC.CC/C(O)=C/C=C/c1ccc(C)c(Cl)c1. The van der Waals surface area contributed by atoms with Crippen LogP contribution in [0.1, 0.15) is 52.2 Å². The van der Waals surface area contributed by atoms with Crippen LogP contribution in [-0.2, 0) is 0 Å². The van der Waals surface area contributed by atoms with Crippen molar-refractivity contribution in [3.8, 4) is 0 Å². The number of aryl methyl sites for hydroxylation is 1. The Labute approximate surface area is 123 Å². The average molecular weight is 283 g/mol. The standard InChI is InChI=1S/C13H15ClO.2C2H6/c1-3-12(15)6-4-5-11-8-7-10(2)13(14)9-11;2*1-2/h4-9,15H,3H2,1-2H3;2*1-2H3/b5-4+,12-6-;;. The molecule has 1 rings (SSSR count). The van der Waals surface area contributed by atoms with Crippen molar-refractivity contribution >= 4 is 17.7 Å². The summed E-state index contributed by atoms with van der Waals surface area (Å²) < 4.78 is 0. The van der Waals surface area contributed by atoms with Gasteiger partial charge in [-0.05, 0) is 30.2 Å². The molecule has 0 atom stereocenters. The van der Waals surface area contributed by atoms with Crippen LogP contribution in [0.15, 0.2) is 36.1 Å². The Morgan fingerprint density at radius 1 is 1.21 bits per heavy atom. The maximum Gasteiger partial charge on any atom is 0.0919 e. The first kappa shape index (κ1) is 20.1. The van der Waals surface area contributed by atoms with Crippen LogP contribution in [0.25, 0.3) is 6.08 Å². The van der Waals surface area contributed by atoms with E-state index in [1.165, 1.54) is 0 Å². The molecule has 108 valence electrons. The molecule has 0 saturated heterocycles. The lowest BCUT2D eigenvalue weighted by Crippen LogP contribution is -1.77. The van der Waals surface area contributed by atoms with Crippen LogP contribution in [0.4, 0.5) is 0 Å². The Bertz CT molecular complexity index is 392. The van der Waals surface area contributed by atoms with Crippen LogP contribution >= 0.6 is 11.6 Å². The van der Waals surface area contributed by atoms with Gasteiger partial charge in [-0.25, -0.2) is 0 Å². The largest absolute Gasteiger partial charge is 0.512 e. The van der Waals surface area contributed by atoms with E-state index in [-0.39, 0.29) is 0 Å². The van der Waals surface area contributed by atoms with Gasteiger partial charge in [-0.3, -0.25) is 0 Å². The molecule has 1 aromatic rings. The van der Waals surface area contributed by atoms with Gasteiger partial charge in [-0.2, -0.15) is 0 Å². The minimum Gasteiger partial charge on any atom is -0.512 e. The summed E-state index contributed by atoms with van der Waals surface area (Å²) in [5.74, 6) is 0.379. The van der Waals surface area contributed by atoms with Gasteiger partial charge in [0, 0.05) is 11.4 Å². The number of aliphatic hydroxyl groups excluding tert-OH is 1. The summed E-state index contributed by atoms with van der Waals surface area (Å²) >= 11 is 5.98. The Kier molecular flexibility index (Phi) is 14.0. The third-order valence-corrected chi connectivity index (χ3v) is 2.54. The van der Waals surface area contributed by atoms with Crippen LogP contribution < -0.4 is 0 Å². The zero-order valence-corrected chi connectivity index (χ0v) is 13.8. The van der Waals surface area contributed by atoms with E-state index in [2.05, 4.69) is 0 Å². The van der Waals surface area contributed by atoms with Gasteiger partial charge in [-0.1, -0.05) is 70.5 Å². The van der Waals surface area contributed by atoms with Crippen molar-refractivity contribution in [1.82, 2.24) is 0 Å². The molecule has 1 N–H and O–H groups in total. The summed E-state index contributed by atoms with van der Waals surface area (Å²) in [4.78, 5) is 0. The second kappa shape index (κ2) is 13.2. The van der Waals surface area contributed by atoms with E-state index in [9.17, 15) is 5.11 Å². The predicted molar refractivity (Wildman–Crippen MR) is 88.9 cm³/mol. The van der Waals surface area contributed by atoms with Crippen LogP contribution in [-0.4, -0.2) is 5.11 Å². The summed E-state index contributed by atoms with van der Waals surface area (Å²) in [5.41, 5.74) is 2.10. The van der Waals surface area contributed by atoms with Crippen molar-refractivity contribution in [3.05, 3.63) is 52.3 Å². The van der Waals surface area contributed by atoms with Gasteiger partial charge in [0.1, 0.15) is 0 Å². The number of allylic oxidation sites excluding steroid dienone is 3. The van der Waals surface area contributed by atoms with Crippen LogP contribution in [0.3, 0.4) is 0 Å². The molecule has 0 fully saturated rings. The lowest BCUT2D eigenvalue weighted by atomic mass is 10.1. The Morgan fingerprint density at radius 2 is 1.79 bits per heavy atom. The first-order valence-electron chi connectivity index (χ1n) is 6.96. The molecule has 0 amide bonds. The molecule has 0 unspecified atom stereocenters. The molecule has 0 aliphatic rings. The molecule has 2 heteroatoms. The molecule has 0 radical (unpaired) electrons. The van der Waals surface area contributed by atoms with Crippen molar-refractivity contribution in [3.63, 3.8) is 0 Å². The number of hydrogen-bond acceptors (Lipinski definition) is 1. The van der Waals surface area contributed by atoms with Crippen LogP contribution in [0.5, 0.6) is 0 Å². The molecule has 1 nitrogen and oxygen atoms in total. The summed E-state index contributed by atoms with van der Waals surface area (Å²) in [6.45, 7) is 11.9. The average Bonchev–Trinajstić information content (AvgIpc) is 2.47. The smallest absolute Gasteiger partial charge is 0.0919 e. The lowest BCUT2D eigenvalue weighted by molar-refractivity contribution is 0.395. The fraction of sp³-hybridized carbons (Fsp3) is 0.412. The minimum atomic E-state index is 0.379. The van der Waals surface area contributed by atoms with Crippen LogP contribution in [0, 0.1) is 6.92 Å². The Morgan fingerprint density at radius 3 is 2.26 bits per heavy atom. The quantitative estimate of drug-likeness (QED) is 0.491. The molecule has 19 heavy (non-hydrogen) atoms. The fourth-order valence-electron chi connectivity index (χ4n) is 1.10. The molecule has 0 aliphatic heterocycles. The maximum absolute atomic E-state index is 9.22. The fourth-order valence-corrected chi connectivity index (χ4v) is 1.29. The van der Waals surface area contributed by atoms with Gasteiger partial charge in [0.2, 0.25) is 0 Å². The zero-order chi connectivity index (χ0) is 15.3. The Hall–Kier alpha value is -1.21. The third-order valence-electron chi connectivity index (χ3n) is 2.14. The predicted octanol–water partition coefficient (Wildman–Crippen LogP) is 6.57. The highest BCUT2D eigenvalue weighted by Gasteiger charge is 1.94. The van der Waals surface area contributed by atoms with E-state index >= 15 is 0 Å². The third kappa shape index (κ3) is 9.38. The second-order valence-electron chi connectivity index (χ2n) is 3.38. The number of benzene rings is 1. The van der Waals surface area contributed by atoms with Gasteiger partial charge in [0.05, 0.1) is 5.76 Å². The first-order valence-corrected chi connectivity index (χ1v) is 7.33. The number of aliphatic hydroxyl groups is 1. The van der Waals surface area contributed by atoms with E-state index in [1.807, 2.05) is 71.9 Å². The van der Waals surface area contributed by atoms with Gasteiger partial charge >= 0.3 is 0 Å². The van der Waals surface area contributed by atoms with Crippen molar-refractivity contribution in [2.75, 3.05) is 0 Å². The van der Waals surface area contributed by atoms with E-state index < -0.39 is 0 Å². The molecule has 0 aromatic heterocycles. The molecule has 0 saturated carbocycles. The van der Waals surface area contributed by atoms with Crippen LogP contribution in [0.2, 0.25) is 5.02 Å². The Balaban J connectivity index is 0. The van der Waals surface area contributed by atoms with Gasteiger partial charge in [-0.15, -0.1) is 0 Å². The minimum absolute atomic E-state index is 0.379. The molecule has 0 spiro atoms. The number of halogens is 1. The highest BCUT2D eigenvalue weighted by atomic mass is 35.5. The normalized spacial score (nSPS) is 10.4. The lowest BCUT2D eigenvalue weighted by Gasteiger charge is -1.98. The monoisotopic (exact) mass is 282 g/mol. The number of rotatable bonds is 3. The topological polar surface area (TPSA) is 20.2 Å². The molecular weight excluding hydrogens is 256 g/mol. The van der Waals surface area contributed by atoms with E-state index in [1.54, 1.807) is 6.08 Å². The summed E-state index contributed by atoms with van der Waals surface area (Å²) in [5, 5.41) is 9.98. The highest BCUT2D eigenvalue weighted by molar-refractivity contribution is 6.31. The van der Waals surface area contributed by atoms with E-state index in [4.69, 9.17) is 11.6 Å². The molecule has 0 aliphatic carbocycles. The van der Waals surface area contributed by atoms with Gasteiger partial charge in [0.15, 0.2) is 0 Å². The van der Waals surface area contributed by atoms with Gasteiger partial charge < -0.3 is 5.11 Å². The molecule has 0 bridgehead atoms. The first-order chi connectivity index (χ1) is 9.13. The van der Waals surface area contributed by atoms with Crippen molar-refractivity contribution in [2.24, 2.45) is 0 Å². The highest BCUT2D eigenvalue weighted by Crippen LogP contribution is 2.17. The second-order valence-corrected chi connectivity index (χ2v) is 3.79. The molecular formula is C17H27ClO. The number of hydrogen-bond donors (Lipinski definition) is 1. The van der Waals surface area contributed by atoms with Crippen molar-refractivity contribution < 1.29 is 5.11 Å². The van der Waals surface area contributed by atoms with Crippen molar-refractivity contribution in [1.29, 1.82) is 0 Å². The zero-order valence-electron chi connectivity index (χ0n) is 13.0. The summed E-state index contributed by atoms with van der Waals surface area (Å²) in [6.07, 6.45) is 6.07. The van der Waals surface area contributed by atoms with E-state index in [0.717, 1.165) is 16.1 Å². The maximum atomic E-state index is 9.22. The molecule has 0 heterocycles. The van der Waals surface area contributed by atoms with Crippen molar-refractivity contribution in [2.45, 2.75) is 48.0 Å².